The van der Waals surface area contributed by atoms with Crippen LogP contribution in [0, 0.1) is 5.41 Å². The van der Waals surface area contributed by atoms with Gasteiger partial charge in [-0.05, 0) is 30.9 Å². The summed E-state index contributed by atoms with van der Waals surface area (Å²) >= 11 is 0. The van der Waals surface area contributed by atoms with Crippen molar-refractivity contribution in [2.45, 2.75) is 25.2 Å². The highest BCUT2D eigenvalue weighted by atomic mass is 16.4. The molecule has 1 aromatic rings. The van der Waals surface area contributed by atoms with Crippen molar-refractivity contribution in [1.82, 2.24) is 0 Å². The second-order valence-electron chi connectivity index (χ2n) is 5.68. The molecule has 1 amide bonds. The quantitative estimate of drug-likeness (QED) is 0.871. The van der Waals surface area contributed by atoms with Crippen molar-refractivity contribution < 1.29 is 14.7 Å². The molecule has 1 fully saturated rings. The highest BCUT2D eigenvalue weighted by Gasteiger charge is 2.51. The summed E-state index contributed by atoms with van der Waals surface area (Å²) in [4.78, 5) is 25.7. The predicted molar refractivity (Wildman–Crippen MR) is 74.5 cm³/mol. The number of carbonyl (C=O) groups is 2. The molecule has 1 aliphatic carbocycles. The molecule has 5 heteroatoms. The Bertz CT molecular complexity index is 566. The highest BCUT2D eigenvalue weighted by Crippen LogP contribution is 2.48. The molecule has 1 aliphatic heterocycles. The first-order valence-electron chi connectivity index (χ1n) is 6.93. The minimum Gasteiger partial charge on any atom is -0.481 e. The summed E-state index contributed by atoms with van der Waals surface area (Å²) in [5.74, 6) is -1.30. The molecule has 1 heterocycles. The standard InChI is InChI=1S/C15H18N2O3/c16-9-15(6-7-15)14(20)17-8-5-11(13(18)19)10-3-1-2-4-12(10)17/h1-4,11H,5-9,16H2,(H,18,19). The Balaban J connectivity index is 1.97. The lowest BCUT2D eigenvalue weighted by Gasteiger charge is -2.34. The van der Waals surface area contributed by atoms with Crippen LogP contribution in [0.5, 0.6) is 0 Å². The van der Waals surface area contributed by atoms with Gasteiger partial charge >= 0.3 is 5.97 Å². The van der Waals surface area contributed by atoms with Gasteiger partial charge in [0.25, 0.3) is 0 Å². The van der Waals surface area contributed by atoms with E-state index >= 15 is 0 Å². The van der Waals surface area contributed by atoms with Gasteiger partial charge < -0.3 is 15.7 Å². The van der Waals surface area contributed by atoms with Gasteiger partial charge in [0.2, 0.25) is 5.91 Å². The summed E-state index contributed by atoms with van der Waals surface area (Å²) in [5, 5.41) is 9.30. The first kappa shape index (κ1) is 13.1. The van der Waals surface area contributed by atoms with Crippen molar-refractivity contribution in [3.8, 4) is 0 Å². The number of para-hydroxylation sites is 1. The van der Waals surface area contributed by atoms with E-state index in [4.69, 9.17) is 5.73 Å². The molecule has 0 saturated heterocycles. The third-order valence-corrected chi connectivity index (χ3v) is 4.49. The van der Waals surface area contributed by atoms with Gasteiger partial charge in [0.05, 0.1) is 11.3 Å². The van der Waals surface area contributed by atoms with Gasteiger partial charge in [0.15, 0.2) is 0 Å². The maximum atomic E-state index is 12.7. The number of fused-ring (bicyclic) bond motifs is 1. The molecule has 0 aromatic heterocycles. The van der Waals surface area contributed by atoms with Gasteiger partial charge in [0.1, 0.15) is 0 Å². The highest BCUT2D eigenvalue weighted by molar-refractivity contribution is 6.01. The maximum Gasteiger partial charge on any atom is 0.311 e. The topological polar surface area (TPSA) is 83.6 Å². The molecule has 1 atom stereocenters. The van der Waals surface area contributed by atoms with Gasteiger partial charge in [-0.3, -0.25) is 9.59 Å². The van der Waals surface area contributed by atoms with Gasteiger partial charge in [0, 0.05) is 18.8 Å². The van der Waals surface area contributed by atoms with Crippen LogP contribution in [0.3, 0.4) is 0 Å². The molecular formula is C15H18N2O3. The number of amides is 1. The van der Waals surface area contributed by atoms with Crippen molar-refractivity contribution in [2.75, 3.05) is 18.0 Å². The van der Waals surface area contributed by atoms with E-state index in [0.717, 1.165) is 24.1 Å². The fourth-order valence-corrected chi connectivity index (χ4v) is 2.97. The monoisotopic (exact) mass is 274 g/mol. The molecule has 5 nitrogen and oxygen atoms in total. The van der Waals surface area contributed by atoms with E-state index in [0.29, 0.717) is 19.5 Å². The number of anilines is 1. The third-order valence-electron chi connectivity index (χ3n) is 4.49. The molecule has 0 radical (unpaired) electrons. The number of aliphatic carboxylic acids is 1. The van der Waals surface area contributed by atoms with E-state index < -0.39 is 17.3 Å². The Morgan fingerprint density at radius 1 is 1.35 bits per heavy atom. The normalized spacial score (nSPS) is 23.1. The number of nitrogens with two attached hydrogens (primary N) is 1. The van der Waals surface area contributed by atoms with Gasteiger partial charge in [-0.2, -0.15) is 0 Å². The summed E-state index contributed by atoms with van der Waals surface area (Å²) in [6, 6.07) is 7.29. The molecule has 1 aromatic carbocycles. The van der Waals surface area contributed by atoms with Crippen LogP contribution in [-0.2, 0) is 9.59 Å². The van der Waals surface area contributed by atoms with E-state index in [-0.39, 0.29) is 5.91 Å². The van der Waals surface area contributed by atoms with E-state index in [1.165, 1.54) is 0 Å². The average Bonchev–Trinajstić information content (AvgIpc) is 3.26. The largest absolute Gasteiger partial charge is 0.481 e. The number of carboxylic acid groups (broad SMARTS) is 1. The molecule has 2 aliphatic rings. The van der Waals surface area contributed by atoms with Crippen molar-refractivity contribution in [3.63, 3.8) is 0 Å². The number of hydrogen-bond acceptors (Lipinski definition) is 3. The lowest BCUT2D eigenvalue weighted by molar-refractivity contribution is -0.139. The Labute approximate surface area is 117 Å². The lowest BCUT2D eigenvalue weighted by atomic mass is 9.89. The van der Waals surface area contributed by atoms with Crippen molar-refractivity contribution in [1.29, 1.82) is 0 Å². The summed E-state index contributed by atoms with van der Waals surface area (Å²) in [5.41, 5.74) is 6.79. The fraction of sp³-hybridized carbons (Fsp3) is 0.467. The average molecular weight is 274 g/mol. The molecule has 0 spiro atoms. The summed E-state index contributed by atoms with van der Waals surface area (Å²) < 4.78 is 0. The van der Waals surface area contributed by atoms with Gasteiger partial charge in [-0.25, -0.2) is 0 Å². The Hall–Kier alpha value is -1.88. The van der Waals surface area contributed by atoms with E-state index in [9.17, 15) is 14.7 Å². The van der Waals surface area contributed by atoms with Crippen LogP contribution >= 0.6 is 0 Å². The zero-order valence-corrected chi connectivity index (χ0v) is 11.2. The van der Waals surface area contributed by atoms with Crippen LogP contribution in [0.1, 0.15) is 30.7 Å². The number of carboxylic acids is 1. The third kappa shape index (κ3) is 1.89. The molecule has 3 N–H and O–H groups in total. The van der Waals surface area contributed by atoms with Crippen LogP contribution in [0.2, 0.25) is 0 Å². The summed E-state index contributed by atoms with van der Waals surface area (Å²) in [6.07, 6.45) is 2.13. The zero-order valence-electron chi connectivity index (χ0n) is 11.2. The second-order valence-corrected chi connectivity index (χ2v) is 5.68. The molecular weight excluding hydrogens is 256 g/mol. The smallest absolute Gasteiger partial charge is 0.311 e. The van der Waals surface area contributed by atoms with Crippen LogP contribution in [0.15, 0.2) is 24.3 Å². The lowest BCUT2D eigenvalue weighted by Crippen LogP contribution is -2.44. The van der Waals surface area contributed by atoms with Crippen molar-refractivity contribution >= 4 is 17.6 Å². The number of benzene rings is 1. The van der Waals surface area contributed by atoms with E-state index in [1.807, 2.05) is 18.2 Å². The van der Waals surface area contributed by atoms with E-state index in [1.54, 1.807) is 11.0 Å². The fourth-order valence-electron chi connectivity index (χ4n) is 2.97. The molecule has 1 saturated carbocycles. The number of nitrogens with zero attached hydrogens (tertiary/aromatic N) is 1. The van der Waals surface area contributed by atoms with Gasteiger partial charge in [-0.15, -0.1) is 0 Å². The zero-order chi connectivity index (χ0) is 14.3. The SMILES string of the molecule is NCC1(C(=O)N2CCC(C(=O)O)c3ccccc32)CC1. The number of carbonyl (C=O) groups excluding carboxylic acids is 1. The predicted octanol–water partition coefficient (Wildman–Crippen LogP) is 1.33. The molecule has 1 unspecified atom stereocenters. The summed E-state index contributed by atoms with van der Waals surface area (Å²) in [6.45, 7) is 0.821. The molecule has 3 rings (SSSR count). The minimum atomic E-state index is -0.829. The van der Waals surface area contributed by atoms with Crippen LogP contribution in [-0.4, -0.2) is 30.1 Å². The number of rotatable bonds is 3. The molecule has 20 heavy (non-hydrogen) atoms. The first-order chi connectivity index (χ1) is 9.59. The maximum absolute atomic E-state index is 12.7. The molecule has 0 bridgehead atoms. The Morgan fingerprint density at radius 3 is 2.65 bits per heavy atom. The van der Waals surface area contributed by atoms with Gasteiger partial charge in [-0.1, -0.05) is 18.2 Å². The van der Waals surface area contributed by atoms with E-state index in [2.05, 4.69) is 0 Å². The first-order valence-corrected chi connectivity index (χ1v) is 6.93. The van der Waals surface area contributed by atoms with Crippen molar-refractivity contribution in [3.05, 3.63) is 29.8 Å². The number of hydrogen-bond donors (Lipinski definition) is 2. The van der Waals surface area contributed by atoms with Crippen LogP contribution < -0.4 is 10.6 Å². The van der Waals surface area contributed by atoms with Crippen molar-refractivity contribution in [2.24, 2.45) is 11.1 Å². The molecule has 106 valence electrons. The Kier molecular flexibility index (Phi) is 3.01. The summed E-state index contributed by atoms with van der Waals surface area (Å²) in [7, 11) is 0. The Morgan fingerprint density at radius 2 is 2.05 bits per heavy atom. The van der Waals surface area contributed by atoms with Crippen LogP contribution in [0.4, 0.5) is 5.69 Å². The van der Waals surface area contributed by atoms with Crippen LogP contribution in [0.25, 0.3) is 0 Å². The second kappa shape index (κ2) is 4.59. The minimum absolute atomic E-state index is 0.0521.